The maximum Gasteiger partial charge on any atom is 0.328 e. The zero-order chi connectivity index (χ0) is 22.8. The lowest BCUT2D eigenvalue weighted by molar-refractivity contribution is -0.145. The maximum atomic E-state index is 12.7. The van der Waals surface area contributed by atoms with Crippen LogP contribution in [0.4, 0.5) is 0 Å². The minimum atomic E-state index is -0.872. The average Bonchev–Trinajstić information content (AvgIpc) is 2.76. The molecule has 166 valence electrons. The number of carbonyl (C=O) groups is 3. The van der Waals surface area contributed by atoms with E-state index in [1.807, 2.05) is 68.4 Å². The fourth-order valence-electron chi connectivity index (χ4n) is 3.05. The van der Waals surface area contributed by atoms with Crippen molar-refractivity contribution in [3.63, 3.8) is 0 Å². The van der Waals surface area contributed by atoms with Gasteiger partial charge in [-0.1, -0.05) is 56.3 Å². The second kappa shape index (κ2) is 11.7. The van der Waals surface area contributed by atoms with Crippen LogP contribution in [-0.2, 0) is 32.1 Å². The summed E-state index contributed by atoms with van der Waals surface area (Å²) < 4.78 is 10.6. The number of nitrogens with one attached hydrogen (secondary N) is 2. The van der Waals surface area contributed by atoms with Crippen molar-refractivity contribution in [3.05, 3.63) is 65.7 Å². The molecule has 2 aromatic rings. The Bertz CT molecular complexity index is 865. The third kappa shape index (κ3) is 7.77. The Kier molecular flexibility index (Phi) is 9.06. The fourth-order valence-corrected chi connectivity index (χ4v) is 3.05. The monoisotopic (exact) mass is 426 g/mol. The van der Waals surface area contributed by atoms with Gasteiger partial charge in [0.1, 0.15) is 24.4 Å². The van der Waals surface area contributed by atoms with Gasteiger partial charge in [-0.05, 0) is 29.2 Å². The van der Waals surface area contributed by atoms with Crippen LogP contribution in [0.5, 0.6) is 5.75 Å². The summed E-state index contributed by atoms with van der Waals surface area (Å²) in [6.07, 6.45) is 0.252. The number of carbonyl (C=O) groups excluding carboxylic acids is 3. The molecular weight excluding hydrogens is 396 g/mol. The second-order valence-corrected chi connectivity index (χ2v) is 7.63. The summed E-state index contributed by atoms with van der Waals surface area (Å²) in [6.45, 7) is 5.45. The zero-order valence-corrected chi connectivity index (χ0v) is 18.4. The van der Waals surface area contributed by atoms with Crippen molar-refractivity contribution in [2.75, 3.05) is 7.11 Å². The zero-order valence-electron chi connectivity index (χ0n) is 18.4. The van der Waals surface area contributed by atoms with Crippen molar-refractivity contribution in [3.8, 4) is 5.75 Å². The lowest BCUT2D eigenvalue weighted by Gasteiger charge is -2.24. The lowest BCUT2D eigenvalue weighted by Crippen LogP contribution is -2.54. The van der Waals surface area contributed by atoms with Gasteiger partial charge in [-0.25, -0.2) is 4.79 Å². The minimum Gasteiger partial charge on any atom is -0.489 e. The number of ether oxygens (including phenoxy) is 2. The van der Waals surface area contributed by atoms with Crippen molar-refractivity contribution in [2.45, 2.75) is 45.9 Å². The summed E-state index contributed by atoms with van der Waals surface area (Å²) in [6, 6.07) is 15.6. The molecule has 0 aliphatic heterocycles. The van der Waals surface area contributed by atoms with E-state index in [9.17, 15) is 14.4 Å². The number of hydrogen-bond acceptors (Lipinski definition) is 5. The van der Waals surface area contributed by atoms with Crippen molar-refractivity contribution in [1.82, 2.24) is 10.6 Å². The molecule has 2 atom stereocenters. The van der Waals surface area contributed by atoms with E-state index >= 15 is 0 Å². The van der Waals surface area contributed by atoms with Crippen LogP contribution in [0.15, 0.2) is 54.6 Å². The molecule has 7 heteroatoms. The van der Waals surface area contributed by atoms with E-state index in [1.54, 1.807) is 0 Å². The SMILES string of the molecule is COC(=O)[C@@H](Cc1ccc(OCc2ccccc2)cc1)NC(=O)[C@H](NC(C)=O)C(C)C. The highest BCUT2D eigenvalue weighted by molar-refractivity contribution is 5.90. The fraction of sp³-hybridized carbons (Fsp3) is 0.375. The summed E-state index contributed by atoms with van der Waals surface area (Å²) in [7, 11) is 1.27. The third-order valence-corrected chi connectivity index (χ3v) is 4.72. The van der Waals surface area contributed by atoms with E-state index in [0.717, 1.165) is 11.1 Å². The van der Waals surface area contributed by atoms with Gasteiger partial charge >= 0.3 is 5.97 Å². The summed E-state index contributed by atoms with van der Waals surface area (Å²) >= 11 is 0. The molecule has 0 saturated carbocycles. The van der Waals surface area contributed by atoms with E-state index in [4.69, 9.17) is 9.47 Å². The molecular formula is C24H30N2O5. The summed E-state index contributed by atoms with van der Waals surface area (Å²) in [5, 5.41) is 5.33. The van der Waals surface area contributed by atoms with Gasteiger partial charge in [0, 0.05) is 13.3 Å². The van der Waals surface area contributed by atoms with Gasteiger partial charge in [0.05, 0.1) is 7.11 Å². The molecule has 7 nitrogen and oxygen atoms in total. The molecule has 31 heavy (non-hydrogen) atoms. The summed E-state index contributed by atoms with van der Waals surface area (Å²) in [4.78, 5) is 36.3. The largest absolute Gasteiger partial charge is 0.489 e. The van der Waals surface area contributed by atoms with Gasteiger partial charge in [-0.3, -0.25) is 9.59 Å². The maximum absolute atomic E-state index is 12.7. The highest BCUT2D eigenvalue weighted by atomic mass is 16.5. The first-order chi connectivity index (χ1) is 14.8. The van der Waals surface area contributed by atoms with E-state index in [2.05, 4.69) is 10.6 Å². The van der Waals surface area contributed by atoms with Gasteiger partial charge in [0.2, 0.25) is 11.8 Å². The first kappa shape index (κ1) is 23.9. The molecule has 0 aliphatic carbocycles. The Morgan fingerprint density at radius 2 is 1.55 bits per heavy atom. The lowest BCUT2D eigenvalue weighted by atomic mass is 10.0. The standard InChI is InChI=1S/C24H30N2O5/c1-16(2)22(25-17(3)27)23(28)26-21(24(29)30-4)14-18-10-12-20(13-11-18)31-15-19-8-6-5-7-9-19/h5-13,16,21-22H,14-15H2,1-4H3,(H,25,27)(H,26,28)/t21-,22-/m1/s1. The predicted molar refractivity (Wildman–Crippen MR) is 117 cm³/mol. The van der Waals surface area contributed by atoms with Crippen LogP contribution in [0.25, 0.3) is 0 Å². The topological polar surface area (TPSA) is 93.7 Å². The molecule has 0 aliphatic rings. The molecule has 0 unspecified atom stereocenters. The van der Waals surface area contributed by atoms with Crippen LogP contribution in [-0.4, -0.2) is 37.0 Å². The Morgan fingerprint density at radius 1 is 0.903 bits per heavy atom. The molecule has 2 N–H and O–H groups in total. The number of esters is 1. The summed E-state index contributed by atoms with van der Waals surface area (Å²) in [5.41, 5.74) is 1.90. The van der Waals surface area contributed by atoms with E-state index < -0.39 is 24.0 Å². The highest BCUT2D eigenvalue weighted by Gasteiger charge is 2.28. The van der Waals surface area contributed by atoms with E-state index in [-0.39, 0.29) is 18.2 Å². The van der Waals surface area contributed by atoms with Crippen LogP contribution in [0.3, 0.4) is 0 Å². The van der Waals surface area contributed by atoms with Crippen molar-refractivity contribution >= 4 is 17.8 Å². The molecule has 2 amide bonds. The molecule has 2 aromatic carbocycles. The van der Waals surface area contributed by atoms with Gasteiger partial charge in [-0.15, -0.1) is 0 Å². The number of rotatable bonds is 10. The Hall–Kier alpha value is -3.35. The average molecular weight is 427 g/mol. The third-order valence-electron chi connectivity index (χ3n) is 4.72. The normalized spacial score (nSPS) is 12.5. The second-order valence-electron chi connectivity index (χ2n) is 7.63. The first-order valence-corrected chi connectivity index (χ1v) is 10.2. The van der Waals surface area contributed by atoms with Crippen molar-refractivity contribution in [1.29, 1.82) is 0 Å². The smallest absolute Gasteiger partial charge is 0.328 e. The number of methoxy groups -OCH3 is 1. The molecule has 0 fully saturated rings. The molecule has 0 heterocycles. The molecule has 0 saturated heterocycles. The predicted octanol–water partition coefficient (Wildman–Crippen LogP) is 2.63. The van der Waals surface area contributed by atoms with Crippen LogP contribution >= 0.6 is 0 Å². The molecule has 2 rings (SSSR count). The Labute approximate surface area is 183 Å². The van der Waals surface area contributed by atoms with Gasteiger partial charge in [-0.2, -0.15) is 0 Å². The highest BCUT2D eigenvalue weighted by Crippen LogP contribution is 2.16. The Morgan fingerprint density at radius 3 is 2.10 bits per heavy atom. The molecule has 0 spiro atoms. The van der Waals surface area contributed by atoms with Crippen LogP contribution in [0, 0.1) is 5.92 Å². The quantitative estimate of drug-likeness (QED) is 0.570. The van der Waals surface area contributed by atoms with Crippen LogP contribution in [0.1, 0.15) is 31.9 Å². The van der Waals surface area contributed by atoms with Gasteiger partial charge in [0.15, 0.2) is 0 Å². The van der Waals surface area contributed by atoms with Crippen LogP contribution in [0.2, 0.25) is 0 Å². The van der Waals surface area contributed by atoms with E-state index in [0.29, 0.717) is 12.4 Å². The molecule has 0 radical (unpaired) electrons. The van der Waals surface area contributed by atoms with Gasteiger partial charge in [0.25, 0.3) is 0 Å². The molecule has 0 aromatic heterocycles. The first-order valence-electron chi connectivity index (χ1n) is 10.2. The Balaban J connectivity index is 2.02. The number of amides is 2. The number of benzene rings is 2. The van der Waals surface area contributed by atoms with Crippen LogP contribution < -0.4 is 15.4 Å². The summed E-state index contributed by atoms with van der Waals surface area (Å²) in [5.74, 6) is -0.721. The van der Waals surface area contributed by atoms with E-state index in [1.165, 1.54) is 14.0 Å². The minimum absolute atomic E-state index is 0.136. The number of hydrogen-bond donors (Lipinski definition) is 2. The van der Waals surface area contributed by atoms with Crippen molar-refractivity contribution < 1.29 is 23.9 Å². The molecule has 0 bridgehead atoms. The van der Waals surface area contributed by atoms with Gasteiger partial charge < -0.3 is 20.1 Å². The van der Waals surface area contributed by atoms with Crippen molar-refractivity contribution in [2.24, 2.45) is 5.92 Å².